The number of benzene rings is 2. The number of carbonyl (C=O) groups excluding carboxylic acids is 3. The minimum absolute atomic E-state index is 0.0499. The molecule has 0 bridgehead atoms. The number of fused-ring (bicyclic) bond motifs is 4. The van der Waals surface area contributed by atoms with Gasteiger partial charge < -0.3 is 44.3 Å². The number of nitrogens with zero attached hydrogens (tertiary/aromatic N) is 10. The van der Waals surface area contributed by atoms with Crippen molar-refractivity contribution in [1.82, 2.24) is 44.3 Å². The van der Waals surface area contributed by atoms with Gasteiger partial charge in [0, 0.05) is 89.6 Å². The summed E-state index contributed by atoms with van der Waals surface area (Å²) in [4.78, 5) is 66.9. The number of likely N-dealkylation sites (N-methyl/N-ethyl adjacent to an activating group) is 2. The fourth-order valence-corrected chi connectivity index (χ4v) is 11.8. The maximum atomic E-state index is 15.2. The molecular formula is C51H65N11O7. The van der Waals surface area contributed by atoms with Crippen LogP contribution >= 0.6 is 0 Å². The first kappa shape index (κ1) is 47.5. The molecule has 1 aliphatic carbocycles. The summed E-state index contributed by atoms with van der Waals surface area (Å²) in [6.07, 6.45) is 10.1. The molecule has 6 heterocycles. The Morgan fingerprint density at radius 1 is 0.855 bits per heavy atom. The van der Waals surface area contributed by atoms with Gasteiger partial charge in [0.15, 0.2) is 28.6 Å². The van der Waals surface area contributed by atoms with Crippen LogP contribution in [0.25, 0.3) is 11.0 Å². The molecule has 2 aromatic carbocycles. The van der Waals surface area contributed by atoms with Gasteiger partial charge in [-0.15, -0.1) is 0 Å². The Hall–Kier alpha value is -6.53. The summed E-state index contributed by atoms with van der Waals surface area (Å²) in [5, 5.41) is 5.55. The van der Waals surface area contributed by atoms with E-state index in [1.54, 1.807) is 54.2 Å². The lowest BCUT2D eigenvalue weighted by Gasteiger charge is -2.60. The van der Waals surface area contributed by atoms with E-state index in [0.29, 0.717) is 87.9 Å². The van der Waals surface area contributed by atoms with Gasteiger partial charge in [-0.25, -0.2) is 14.6 Å². The van der Waals surface area contributed by atoms with Crippen molar-refractivity contribution in [3.05, 3.63) is 89.1 Å². The number of amides is 3. The lowest BCUT2D eigenvalue weighted by atomic mass is 9.58. The first-order valence-corrected chi connectivity index (χ1v) is 24.1. The number of hydrogen-bond acceptors (Lipinski definition) is 14. The van der Waals surface area contributed by atoms with Crippen LogP contribution in [0.4, 0.5) is 5.82 Å². The first-order chi connectivity index (χ1) is 33.6. The molecule has 5 aromatic rings. The van der Waals surface area contributed by atoms with E-state index in [1.807, 2.05) is 27.9 Å². The molecule has 4 unspecified atom stereocenters. The third kappa shape index (κ3) is 8.77. The second-order valence-corrected chi connectivity index (χ2v) is 18.6. The van der Waals surface area contributed by atoms with Crippen molar-refractivity contribution >= 4 is 34.6 Å². The summed E-state index contributed by atoms with van der Waals surface area (Å²) < 4.78 is 25.6. The molecule has 3 aromatic heterocycles. The molecule has 2 fully saturated rings. The van der Waals surface area contributed by atoms with Gasteiger partial charge in [-0.2, -0.15) is 5.10 Å². The maximum Gasteiger partial charge on any atom is 0.236 e. The smallest absolute Gasteiger partial charge is 0.236 e. The average Bonchev–Trinajstić information content (AvgIpc) is 3.81. The molecule has 3 amide bonds. The molecule has 18 heteroatoms. The predicted molar refractivity (Wildman–Crippen MR) is 259 cm³/mol. The summed E-state index contributed by atoms with van der Waals surface area (Å²) in [5.41, 5.74) is 11.1. The minimum Gasteiger partial charge on any atom is -0.493 e. The van der Waals surface area contributed by atoms with Crippen LogP contribution in [0, 0.1) is 11.8 Å². The topological polar surface area (TPSA) is 187 Å². The fraction of sp³-hybridized carbons (Fsp3) is 0.510. The molecule has 366 valence electrons. The van der Waals surface area contributed by atoms with E-state index in [2.05, 4.69) is 61.0 Å². The highest BCUT2D eigenvalue weighted by atomic mass is 16.5. The summed E-state index contributed by atoms with van der Waals surface area (Å²) >= 11 is 0. The van der Waals surface area contributed by atoms with Gasteiger partial charge in [0.2, 0.25) is 17.7 Å². The molecule has 1 saturated heterocycles. The zero-order valence-corrected chi connectivity index (χ0v) is 40.7. The van der Waals surface area contributed by atoms with Crippen LogP contribution in [0.3, 0.4) is 0 Å². The van der Waals surface area contributed by atoms with Gasteiger partial charge in [-0.05, 0) is 103 Å². The normalized spacial score (nSPS) is 21.4. The van der Waals surface area contributed by atoms with Crippen LogP contribution in [0.1, 0.15) is 66.5 Å². The van der Waals surface area contributed by atoms with E-state index in [4.69, 9.17) is 29.7 Å². The van der Waals surface area contributed by atoms with Gasteiger partial charge in [-0.1, -0.05) is 6.92 Å². The first-order valence-electron chi connectivity index (χ1n) is 24.1. The number of aromatic nitrogens is 5. The highest BCUT2D eigenvalue weighted by Crippen LogP contribution is 2.59. The minimum atomic E-state index is -0.865. The maximum absolute atomic E-state index is 15.2. The van der Waals surface area contributed by atoms with E-state index in [9.17, 15) is 4.79 Å². The van der Waals surface area contributed by atoms with Crippen molar-refractivity contribution in [2.24, 2.45) is 17.6 Å². The van der Waals surface area contributed by atoms with Crippen molar-refractivity contribution in [1.29, 1.82) is 0 Å². The van der Waals surface area contributed by atoms with Crippen molar-refractivity contribution in [2.45, 2.75) is 63.6 Å². The van der Waals surface area contributed by atoms with E-state index in [0.717, 1.165) is 64.2 Å². The molecule has 0 radical (unpaired) electrons. The molecule has 69 heavy (non-hydrogen) atoms. The second kappa shape index (κ2) is 20.2. The Labute approximate surface area is 403 Å². The Balaban J connectivity index is 1.08. The van der Waals surface area contributed by atoms with E-state index in [-0.39, 0.29) is 55.1 Å². The van der Waals surface area contributed by atoms with Crippen LogP contribution in [0.2, 0.25) is 0 Å². The third-order valence-corrected chi connectivity index (χ3v) is 15.3. The van der Waals surface area contributed by atoms with Gasteiger partial charge in [-0.3, -0.25) is 24.3 Å². The summed E-state index contributed by atoms with van der Waals surface area (Å²) in [6.45, 7) is 7.12. The lowest BCUT2D eigenvalue weighted by molar-refractivity contribution is -0.153. The van der Waals surface area contributed by atoms with Gasteiger partial charge >= 0.3 is 0 Å². The molecule has 1 saturated carbocycles. The van der Waals surface area contributed by atoms with Gasteiger partial charge in [0.05, 0.1) is 58.7 Å². The Morgan fingerprint density at radius 3 is 2.23 bits per heavy atom. The average molecular weight is 944 g/mol. The van der Waals surface area contributed by atoms with Gasteiger partial charge in [0.1, 0.15) is 12.1 Å². The van der Waals surface area contributed by atoms with E-state index >= 15 is 9.59 Å². The molecule has 3 aliphatic heterocycles. The van der Waals surface area contributed by atoms with E-state index in [1.165, 1.54) is 4.90 Å². The number of methoxy groups -OCH3 is 4. The Bertz CT molecular complexity index is 2670. The van der Waals surface area contributed by atoms with Crippen molar-refractivity contribution in [3.63, 3.8) is 0 Å². The third-order valence-electron chi connectivity index (χ3n) is 15.3. The number of anilines is 1. The van der Waals surface area contributed by atoms with Crippen LogP contribution in [0.5, 0.6) is 23.0 Å². The van der Waals surface area contributed by atoms with Crippen LogP contribution in [-0.2, 0) is 39.3 Å². The number of hydrogen-bond donors (Lipinski definition) is 1. The fourth-order valence-electron chi connectivity index (χ4n) is 11.8. The van der Waals surface area contributed by atoms with Crippen molar-refractivity contribution < 1.29 is 33.3 Å². The highest BCUT2D eigenvalue weighted by Gasteiger charge is 2.58. The van der Waals surface area contributed by atoms with Crippen molar-refractivity contribution in [2.75, 3.05) is 99.3 Å². The van der Waals surface area contributed by atoms with E-state index < -0.39 is 5.54 Å². The quantitative estimate of drug-likeness (QED) is 0.168. The molecule has 9 rings (SSSR count). The molecule has 18 nitrogen and oxygen atoms in total. The zero-order chi connectivity index (χ0) is 48.4. The molecule has 2 N–H and O–H groups in total. The summed E-state index contributed by atoms with van der Waals surface area (Å²) in [6, 6.07) is 12.1. The lowest BCUT2D eigenvalue weighted by Crippen LogP contribution is -2.63. The molecular weight excluding hydrogens is 879 g/mol. The monoisotopic (exact) mass is 944 g/mol. The summed E-state index contributed by atoms with van der Waals surface area (Å²) in [7, 11) is 8.28. The van der Waals surface area contributed by atoms with Crippen LogP contribution in [-0.4, -0.2) is 156 Å². The number of rotatable bonds is 14. The highest BCUT2D eigenvalue weighted by molar-refractivity contribution is 5.87. The SMILES string of the molecule is CCN1CCc2cc(OC)c(OC)cc2C1C1CC(C(=O)N2CCN(c3ncnc4c3cnn4Cc3ccncc3)CC2)CCC12c1cc(OC)c(OC)cc1CCN2C(=O)CCN(C)C(=O)CN. The zero-order valence-electron chi connectivity index (χ0n) is 40.7. The largest absolute Gasteiger partial charge is 0.493 e. The van der Waals surface area contributed by atoms with Crippen molar-refractivity contribution in [3.8, 4) is 23.0 Å². The number of carbonyl (C=O) groups is 3. The number of pyridine rings is 1. The molecule has 1 spiro atoms. The second-order valence-electron chi connectivity index (χ2n) is 18.6. The number of piperazine rings is 1. The standard InChI is InChI=1S/C51H65N11O7/c1-7-58-18-11-34-25-41(66-3)43(68-5)27-37(34)47(58)40-24-36(50(65)60-22-20-59(21-23-60)48-38-30-56-62(49(38)55-32-54-48)31-33-9-15-53-16-10-33)8-14-51(40)39-28-44(69-6)42(67-4)26-35(39)12-19-61(51)45(63)13-17-57(2)46(64)29-52/h9-10,15-16,25-28,30,32,36,40,47H,7-8,11-14,17-24,29,31,52H2,1-6H3. The van der Waals surface area contributed by atoms with Crippen LogP contribution in [0.15, 0.2) is 61.3 Å². The Kier molecular flexibility index (Phi) is 13.9. The van der Waals surface area contributed by atoms with Gasteiger partial charge in [0.25, 0.3) is 0 Å². The van der Waals surface area contributed by atoms with Crippen LogP contribution < -0.4 is 29.6 Å². The predicted octanol–water partition coefficient (Wildman–Crippen LogP) is 4.08. The molecule has 4 aliphatic rings. The number of nitrogens with two attached hydrogens (primary N) is 1. The Morgan fingerprint density at radius 2 is 1.54 bits per heavy atom. The number of ether oxygens (including phenoxy) is 4. The summed E-state index contributed by atoms with van der Waals surface area (Å²) in [5.74, 6) is 2.59. The molecule has 4 atom stereocenters.